The molecule has 0 radical (unpaired) electrons. The van der Waals surface area contributed by atoms with Crippen molar-refractivity contribution < 1.29 is 0 Å². The minimum atomic E-state index is -0.265. The zero-order chi connectivity index (χ0) is 20.5. The van der Waals surface area contributed by atoms with E-state index in [4.69, 9.17) is 0 Å². The molecule has 0 spiro atoms. The van der Waals surface area contributed by atoms with Gasteiger partial charge in [0, 0.05) is 24.3 Å². The Bertz CT molecular complexity index is 1260. The molecule has 0 aliphatic heterocycles. The standard InChI is InChI=1S/C18H19N9OS/c1-9-5-10(2)15-13(6-9)11(3)19-16(22-15)23-17-20-12(7-14(28)21-17)8-29-18-24-25-26-27(18)4/h5-7H,8H2,1-4H3,(H2,19,20,21,22,23,28). The molecule has 29 heavy (non-hydrogen) atoms. The number of anilines is 2. The van der Waals surface area contributed by atoms with Crippen LogP contribution in [-0.2, 0) is 12.8 Å². The number of fused-ring (bicyclic) bond motifs is 1. The Morgan fingerprint density at radius 2 is 1.97 bits per heavy atom. The molecule has 0 saturated heterocycles. The molecule has 1 aromatic carbocycles. The first kappa shape index (κ1) is 19.0. The summed E-state index contributed by atoms with van der Waals surface area (Å²) >= 11 is 1.39. The van der Waals surface area contributed by atoms with Crippen LogP contribution in [0, 0.1) is 20.8 Å². The number of rotatable bonds is 5. The molecule has 10 nitrogen and oxygen atoms in total. The van der Waals surface area contributed by atoms with Crippen molar-refractivity contribution >= 4 is 34.6 Å². The van der Waals surface area contributed by atoms with Crippen molar-refractivity contribution in [2.45, 2.75) is 31.7 Å². The summed E-state index contributed by atoms with van der Waals surface area (Å²) in [6.07, 6.45) is 0. The summed E-state index contributed by atoms with van der Waals surface area (Å²) in [7, 11) is 1.75. The second-order valence-corrected chi connectivity index (χ2v) is 7.64. The summed E-state index contributed by atoms with van der Waals surface area (Å²) in [6, 6.07) is 5.60. The second-order valence-electron chi connectivity index (χ2n) is 6.69. The summed E-state index contributed by atoms with van der Waals surface area (Å²) in [5, 5.41) is 16.0. The van der Waals surface area contributed by atoms with Crippen LogP contribution in [0.3, 0.4) is 0 Å². The minimum Gasteiger partial charge on any atom is -0.294 e. The summed E-state index contributed by atoms with van der Waals surface area (Å²) in [6.45, 7) is 6.00. The van der Waals surface area contributed by atoms with Gasteiger partial charge >= 0.3 is 0 Å². The number of aryl methyl sites for hydroxylation is 4. The SMILES string of the molecule is Cc1cc(C)c2nc(Nc3nc(CSc4nnnn4C)cc(=O)[nH]3)nc(C)c2c1. The zero-order valence-corrected chi connectivity index (χ0v) is 17.2. The Kier molecular flexibility index (Phi) is 4.97. The number of nitrogens with zero attached hydrogens (tertiary/aromatic N) is 7. The average molecular weight is 409 g/mol. The molecule has 148 valence electrons. The van der Waals surface area contributed by atoms with E-state index in [1.54, 1.807) is 11.7 Å². The van der Waals surface area contributed by atoms with Crippen LogP contribution in [0.15, 0.2) is 28.2 Å². The molecule has 4 aromatic rings. The van der Waals surface area contributed by atoms with Crippen molar-refractivity contribution in [2.75, 3.05) is 5.32 Å². The number of thioether (sulfide) groups is 1. The molecule has 0 aliphatic carbocycles. The number of tetrazole rings is 1. The summed E-state index contributed by atoms with van der Waals surface area (Å²) in [5.74, 6) is 1.11. The minimum absolute atomic E-state index is 0.265. The summed E-state index contributed by atoms with van der Waals surface area (Å²) in [4.78, 5) is 28.3. The van der Waals surface area contributed by atoms with Gasteiger partial charge in [-0.05, 0) is 42.8 Å². The molecule has 0 unspecified atom stereocenters. The molecule has 3 heterocycles. The second kappa shape index (κ2) is 7.59. The van der Waals surface area contributed by atoms with Gasteiger partial charge in [-0.1, -0.05) is 23.4 Å². The smallest absolute Gasteiger partial charge is 0.252 e. The third-order valence-corrected chi connectivity index (χ3v) is 5.33. The Morgan fingerprint density at radius 3 is 2.72 bits per heavy atom. The Morgan fingerprint density at radius 1 is 1.14 bits per heavy atom. The predicted octanol–water partition coefficient (Wildman–Crippen LogP) is 2.20. The van der Waals surface area contributed by atoms with Gasteiger partial charge in [0.15, 0.2) is 0 Å². The fourth-order valence-electron chi connectivity index (χ4n) is 3.02. The van der Waals surface area contributed by atoms with Gasteiger partial charge in [-0.25, -0.2) is 19.6 Å². The number of benzene rings is 1. The lowest BCUT2D eigenvalue weighted by Crippen LogP contribution is -2.13. The van der Waals surface area contributed by atoms with E-state index in [-0.39, 0.29) is 11.5 Å². The Hall–Kier alpha value is -3.34. The Balaban J connectivity index is 1.61. The monoisotopic (exact) mass is 409 g/mol. The largest absolute Gasteiger partial charge is 0.294 e. The predicted molar refractivity (Wildman–Crippen MR) is 110 cm³/mol. The lowest BCUT2D eigenvalue weighted by Gasteiger charge is -2.10. The Labute approximate surface area is 170 Å². The van der Waals surface area contributed by atoms with E-state index in [9.17, 15) is 4.79 Å². The fraction of sp³-hybridized carbons (Fsp3) is 0.278. The van der Waals surface area contributed by atoms with Gasteiger partial charge in [0.25, 0.3) is 5.56 Å². The molecular formula is C18H19N9OS. The van der Waals surface area contributed by atoms with Crippen LogP contribution < -0.4 is 10.9 Å². The first-order valence-corrected chi connectivity index (χ1v) is 9.85. The van der Waals surface area contributed by atoms with E-state index in [2.05, 4.69) is 52.9 Å². The summed E-state index contributed by atoms with van der Waals surface area (Å²) in [5.41, 5.74) is 4.28. The van der Waals surface area contributed by atoms with Crippen molar-refractivity contribution in [2.24, 2.45) is 7.05 Å². The third-order valence-electron chi connectivity index (χ3n) is 4.28. The van der Waals surface area contributed by atoms with E-state index in [1.165, 1.54) is 17.8 Å². The highest BCUT2D eigenvalue weighted by atomic mass is 32.2. The molecule has 2 N–H and O–H groups in total. The van der Waals surface area contributed by atoms with Gasteiger partial charge in [0.2, 0.25) is 17.1 Å². The number of hydrogen-bond donors (Lipinski definition) is 2. The lowest BCUT2D eigenvalue weighted by atomic mass is 10.1. The van der Waals surface area contributed by atoms with Gasteiger partial charge in [0.1, 0.15) is 0 Å². The van der Waals surface area contributed by atoms with Gasteiger partial charge in [-0.3, -0.25) is 15.1 Å². The van der Waals surface area contributed by atoms with Gasteiger partial charge in [0.05, 0.1) is 16.9 Å². The first-order valence-electron chi connectivity index (χ1n) is 8.87. The number of hydrogen-bond acceptors (Lipinski definition) is 9. The maximum absolute atomic E-state index is 12.1. The number of H-pyrrole nitrogens is 1. The van der Waals surface area contributed by atoms with E-state index in [1.807, 2.05) is 20.8 Å². The van der Waals surface area contributed by atoms with E-state index in [0.29, 0.717) is 22.6 Å². The van der Waals surface area contributed by atoms with Crippen LogP contribution in [0.5, 0.6) is 0 Å². The zero-order valence-electron chi connectivity index (χ0n) is 16.4. The van der Waals surface area contributed by atoms with Crippen molar-refractivity contribution in [1.29, 1.82) is 0 Å². The molecule has 0 atom stereocenters. The highest BCUT2D eigenvalue weighted by Gasteiger charge is 2.11. The maximum atomic E-state index is 12.1. The van der Waals surface area contributed by atoms with Crippen molar-refractivity contribution in [3.63, 3.8) is 0 Å². The van der Waals surface area contributed by atoms with Crippen LogP contribution in [0.2, 0.25) is 0 Å². The van der Waals surface area contributed by atoms with Crippen LogP contribution in [-0.4, -0.2) is 40.1 Å². The average Bonchev–Trinajstić information content (AvgIpc) is 3.05. The van der Waals surface area contributed by atoms with Crippen molar-refractivity contribution in [3.8, 4) is 0 Å². The fourth-order valence-corrected chi connectivity index (χ4v) is 3.76. The number of aromatic amines is 1. The van der Waals surface area contributed by atoms with Crippen molar-refractivity contribution in [3.05, 3.63) is 51.1 Å². The molecule has 11 heteroatoms. The molecule has 3 aromatic heterocycles. The van der Waals surface area contributed by atoms with Gasteiger partial charge in [-0.15, -0.1) is 5.10 Å². The molecule has 0 bridgehead atoms. The first-order chi connectivity index (χ1) is 13.9. The normalized spacial score (nSPS) is 11.2. The van der Waals surface area contributed by atoms with Crippen LogP contribution in [0.25, 0.3) is 10.9 Å². The quantitative estimate of drug-likeness (QED) is 0.477. The van der Waals surface area contributed by atoms with Crippen LogP contribution in [0.1, 0.15) is 22.5 Å². The summed E-state index contributed by atoms with van der Waals surface area (Å²) < 4.78 is 1.56. The maximum Gasteiger partial charge on any atom is 0.252 e. The molecule has 0 amide bonds. The topological polar surface area (TPSA) is 127 Å². The van der Waals surface area contributed by atoms with Gasteiger partial charge < -0.3 is 0 Å². The van der Waals surface area contributed by atoms with Crippen LogP contribution in [0.4, 0.5) is 11.9 Å². The van der Waals surface area contributed by atoms with E-state index < -0.39 is 0 Å². The molecule has 0 saturated carbocycles. The van der Waals surface area contributed by atoms with E-state index in [0.717, 1.165) is 27.7 Å². The van der Waals surface area contributed by atoms with Crippen molar-refractivity contribution in [1.82, 2.24) is 40.1 Å². The highest BCUT2D eigenvalue weighted by Crippen LogP contribution is 2.23. The molecule has 0 aliphatic rings. The van der Waals surface area contributed by atoms with E-state index >= 15 is 0 Å². The molecule has 0 fully saturated rings. The molecular weight excluding hydrogens is 390 g/mol. The van der Waals surface area contributed by atoms with Gasteiger partial charge in [-0.2, -0.15) is 0 Å². The third kappa shape index (κ3) is 4.09. The number of aromatic nitrogens is 8. The highest BCUT2D eigenvalue weighted by molar-refractivity contribution is 7.98. The van der Waals surface area contributed by atoms with Crippen LogP contribution >= 0.6 is 11.8 Å². The molecule has 4 rings (SSSR count). The number of nitrogens with one attached hydrogen (secondary N) is 2. The lowest BCUT2D eigenvalue weighted by molar-refractivity contribution is 0.664.